The molecule has 0 aromatic carbocycles. The zero-order chi connectivity index (χ0) is 4.99. The quantitative estimate of drug-likeness (QED) is 0.372. The normalized spacial score (nSPS) is 8.83. The van der Waals surface area contributed by atoms with E-state index in [1.54, 1.807) is 0 Å². The summed E-state index contributed by atoms with van der Waals surface area (Å²) < 4.78 is 18.8. The first-order valence-electron chi connectivity index (χ1n) is 1.22. The maximum atomic E-state index is 9.42. The van der Waals surface area contributed by atoms with Crippen molar-refractivity contribution in [2.75, 3.05) is 5.88 Å². The van der Waals surface area contributed by atoms with E-state index in [1.165, 1.54) is 0 Å². The average molecular weight is 108 g/mol. The van der Waals surface area contributed by atoms with Gasteiger partial charge < -0.3 is 0 Å². The number of nitrogens with one attached hydrogen (secondary N) is 1. The third-order valence-electron chi connectivity index (χ3n) is 0.186. The smallest absolute Gasteiger partial charge is 0.162 e. The molecule has 5 heteroatoms. The molecule has 0 aromatic heterocycles. The van der Waals surface area contributed by atoms with E-state index in [1.807, 2.05) is 0 Å². The lowest BCUT2D eigenvalue weighted by Crippen LogP contribution is -1.75. The fraction of sp³-hybridized carbons (Fsp3) is 1.00. The Morgan fingerprint density at radius 3 is 2.17 bits per heavy atom. The highest BCUT2D eigenvalue weighted by atomic mass is 32.2. The van der Waals surface area contributed by atoms with Crippen LogP contribution in [0.1, 0.15) is 0 Å². The topological polar surface area (TPSA) is 70.3 Å². The van der Waals surface area contributed by atoms with Crippen LogP contribution in [-0.2, 0) is 10.7 Å². The lowest BCUT2D eigenvalue weighted by Gasteiger charge is -1.64. The molecule has 0 bridgehead atoms. The number of hydrogen-bond acceptors (Lipinski definition) is 4. The van der Waals surface area contributed by atoms with Crippen molar-refractivity contribution in [3.8, 4) is 0 Å². The lowest BCUT2D eigenvalue weighted by atomic mass is 11.5. The van der Waals surface area contributed by atoms with Crippen LogP contribution in [0.15, 0.2) is 5.11 Å². The largest absolute Gasteiger partial charge is 0.230 e. The standard InChI is InChI=1S/CH4N2O2S/c2-3-1-6(4)5/h2,6H,1H2. The van der Waals surface area contributed by atoms with Gasteiger partial charge in [-0.1, -0.05) is 0 Å². The summed E-state index contributed by atoms with van der Waals surface area (Å²) in [6.45, 7) is 0. The number of thiol groups is 1. The van der Waals surface area contributed by atoms with Gasteiger partial charge in [0.25, 0.3) is 0 Å². The van der Waals surface area contributed by atoms with Crippen molar-refractivity contribution in [3.05, 3.63) is 0 Å². The van der Waals surface area contributed by atoms with Crippen molar-refractivity contribution in [1.29, 1.82) is 5.53 Å². The van der Waals surface area contributed by atoms with E-state index in [-0.39, 0.29) is 5.88 Å². The van der Waals surface area contributed by atoms with Crippen LogP contribution in [-0.4, -0.2) is 14.3 Å². The molecule has 1 N–H and O–H groups in total. The molecule has 0 heterocycles. The molecule has 0 saturated heterocycles. The van der Waals surface area contributed by atoms with Gasteiger partial charge in [-0.15, -0.1) is 0 Å². The van der Waals surface area contributed by atoms with Gasteiger partial charge in [-0.25, -0.2) is 13.9 Å². The van der Waals surface area contributed by atoms with Gasteiger partial charge >= 0.3 is 0 Å². The van der Waals surface area contributed by atoms with E-state index in [0.717, 1.165) is 0 Å². The summed E-state index contributed by atoms with van der Waals surface area (Å²) in [5.41, 5.74) is 5.97. The Labute approximate surface area is 36.6 Å². The Kier molecular flexibility index (Phi) is 2.56. The molecule has 0 radical (unpaired) electrons. The van der Waals surface area contributed by atoms with E-state index in [2.05, 4.69) is 5.11 Å². The van der Waals surface area contributed by atoms with Gasteiger partial charge in [-0.05, 0) is 0 Å². The first kappa shape index (κ1) is 5.55. The minimum atomic E-state index is -2.45. The predicted octanol–water partition coefficient (Wildman–Crippen LogP) is -0.414. The molecular formula is CH4N2O2S. The summed E-state index contributed by atoms with van der Waals surface area (Å²) in [5, 5.41) is 2.59. The number of hydrogen-bond donors (Lipinski definition) is 2. The maximum absolute atomic E-state index is 9.42. The summed E-state index contributed by atoms with van der Waals surface area (Å²) in [6.07, 6.45) is 0. The first-order valence-corrected chi connectivity index (χ1v) is 2.58. The Morgan fingerprint density at radius 2 is 2.17 bits per heavy atom. The van der Waals surface area contributed by atoms with Crippen molar-refractivity contribution in [1.82, 2.24) is 0 Å². The lowest BCUT2D eigenvalue weighted by molar-refractivity contribution is 0.613. The SMILES string of the molecule is N=NC[SH](=O)=O. The molecule has 4 nitrogen and oxygen atoms in total. The van der Waals surface area contributed by atoms with Crippen molar-refractivity contribution < 1.29 is 8.42 Å². The van der Waals surface area contributed by atoms with Crippen LogP contribution in [0, 0.1) is 5.53 Å². The average Bonchev–Trinajstić information content (AvgIpc) is 1.35. The van der Waals surface area contributed by atoms with Crippen LogP contribution < -0.4 is 0 Å². The van der Waals surface area contributed by atoms with Gasteiger partial charge in [-0.2, -0.15) is 5.11 Å². The molecule has 0 aliphatic carbocycles. The van der Waals surface area contributed by atoms with Crippen molar-refractivity contribution in [3.63, 3.8) is 0 Å². The zero-order valence-corrected chi connectivity index (χ0v) is 3.81. The Bertz CT molecular complexity index is 98.1. The summed E-state index contributed by atoms with van der Waals surface area (Å²) in [7, 11) is -2.45. The van der Waals surface area contributed by atoms with Gasteiger partial charge in [-0.3, -0.25) is 0 Å². The molecule has 0 atom stereocenters. The molecule has 6 heavy (non-hydrogen) atoms. The summed E-state index contributed by atoms with van der Waals surface area (Å²) in [6, 6.07) is 0. The molecule has 0 rings (SSSR count). The van der Waals surface area contributed by atoms with E-state index < -0.39 is 10.7 Å². The third-order valence-corrected chi connectivity index (χ3v) is 0.559. The van der Waals surface area contributed by atoms with Crippen LogP contribution >= 0.6 is 0 Å². The van der Waals surface area contributed by atoms with E-state index in [0.29, 0.717) is 0 Å². The zero-order valence-electron chi connectivity index (χ0n) is 2.92. The van der Waals surface area contributed by atoms with Gasteiger partial charge in [0, 0.05) is 0 Å². The van der Waals surface area contributed by atoms with Crippen molar-refractivity contribution in [2.45, 2.75) is 0 Å². The Balaban J connectivity index is 3.32. The summed E-state index contributed by atoms with van der Waals surface area (Å²) >= 11 is 0. The Morgan fingerprint density at radius 1 is 1.67 bits per heavy atom. The van der Waals surface area contributed by atoms with Crippen molar-refractivity contribution in [2.24, 2.45) is 5.11 Å². The molecule has 36 valence electrons. The summed E-state index contributed by atoms with van der Waals surface area (Å²) in [5.74, 6) is -0.380. The maximum Gasteiger partial charge on any atom is 0.162 e. The van der Waals surface area contributed by atoms with Crippen molar-refractivity contribution >= 4 is 10.7 Å². The minimum absolute atomic E-state index is 0.380. The van der Waals surface area contributed by atoms with E-state index in [9.17, 15) is 8.42 Å². The van der Waals surface area contributed by atoms with Crippen LogP contribution in [0.25, 0.3) is 0 Å². The fourth-order valence-electron chi connectivity index (χ4n) is 0.0577. The molecule has 0 unspecified atom stereocenters. The molecular weight excluding hydrogens is 104 g/mol. The van der Waals surface area contributed by atoms with Crippen LogP contribution in [0.3, 0.4) is 0 Å². The van der Waals surface area contributed by atoms with Gasteiger partial charge in [0.1, 0.15) is 0 Å². The molecule has 0 saturated carbocycles. The molecule has 0 aliphatic heterocycles. The summed E-state index contributed by atoms with van der Waals surface area (Å²) in [4.78, 5) is 0. The minimum Gasteiger partial charge on any atom is -0.230 e. The van der Waals surface area contributed by atoms with Crippen LogP contribution in [0.4, 0.5) is 0 Å². The highest BCUT2D eigenvalue weighted by molar-refractivity contribution is 7.72. The monoisotopic (exact) mass is 108 g/mol. The highest BCUT2D eigenvalue weighted by Gasteiger charge is 1.72. The third kappa shape index (κ3) is 3.55. The van der Waals surface area contributed by atoms with Gasteiger partial charge in [0.2, 0.25) is 0 Å². The second-order valence-corrected chi connectivity index (χ2v) is 1.58. The number of nitrogens with zero attached hydrogens (tertiary/aromatic N) is 1. The molecule has 0 aliphatic rings. The van der Waals surface area contributed by atoms with E-state index in [4.69, 9.17) is 5.53 Å². The molecule has 0 amide bonds. The predicted molar refractivity (Wildman–Crippen MR) is 20.3 cm³/mol. The fourth-order valence-corrected chi connectivity index (χ4v) is 0.173. The van der Waals surface area contributed by atoms with Gasteiger partial charge in [0.15, 0.2) is 16.6 Å². The first-order chi connectivity index (χ1) is 2.77. The highest BCUT2D eigenvalue weighted by Crippen LogP contribution is 1.61. The van der Waals surface area contributed by atoms with Crippen LogP contribution in [0.5, 0.6) is 0 Å². The molecule has 0 fully saturated rings. The molecule has 0 spiro atoms. The Hall–Kier alpha value is -0.450. The second-order valence-electron chi connectivity index (χ2n) is 0.632. The number of rotatable bonds is 2. The molecule has 0 aromatic rings. The van der Waals surface area contributed by atoms with E-state index >= 15 is 0 Å². The van der Waals surface area contributed by atoms with Gasteiger partial charge in [0.05, 0.1) is 0 Å². The van der Waals surface area contributed by atoms with Crippen LogP contribution in [0.2, 0.25) is 0 Å². The second kappa shape index (κ2) is 2.77.